The Morgan fingerprint density at radius 2 is 1.79 bits per heavy atom. The van der Waals surface area contributed by atoms with Gasteiger partial charge in [0, 0.05) is 17.8 Å². The summed E-state index contributed by atoms with van der Waals surface area (Å²) in [5, 5.41) is 2.87. The second kappa shape index (κ2) is 8.25. The van der Waals surface area contributed by atoms with E-state index in [0.717, 1.165) is 5.56 Å². The van der Waals surface area contributed by atoms with E-state index in [-0.39, 0.29) is 17.7 Å². The van der Waals surface area contributed by atoms with Gasteiger partial charge in [0.25, 0.3) is 5.91 Å². The van der Waals surface area contributed by atoms with Gasteiger partial charge in [0.05, 0.1) is 12.7 Å². The second-order valence-corrected chi connectivity index (χ2v) is 7.29. The summed E-state index contributed by atoms with van der Waals surface area (Å²) in [5.74, 6) is -0.539. The van der Waals surface area contributed by atoms with Crippen LogP contribution in [-0.2, 0) is 16.1 Å². The van der Waals surface area contributed by atoms with Crippen LogP contribution in [-0.4, -0.2) is 35.8 Å². The number of nitrogens with one attached hydrogen (secondary N) is 1. The molecule has 0 saturated heterocycles. The number of hydrogen-bond donors (Lipinski definition) is 1. The van der Waals surface area contributed by atoms with Crippen LogP contribution in [0.3, 0.4) is 0 Å². The number of carbonyl (C=O) groups is 3. The average Bonchev–Trinajstić information content (AvgIpc) is 3.02. The fourth-order valence-electron chi connectivity index (χ4n) is 3.38. The first-order valence-corrected chi connectivity index (χ1v) is 9.28. The van der Waals surface area contributed by atoms with Crippen molar-refractivity contribution in [3.8, 4) is 0 Å². The van der Waals surface area contributed by atoms with Gasteiger partial charge in [0.2, 0.25) is 5.91 Å². The minimum absolute atomic E-state index is 0.113. The quantitative estimate of drug-likeness (QED) is 0.779. The number of anilines is 1. The van der Waals surface area contributed by atoms with Crippen molar-refractivity contribution in [2.45, 2.75) is 32.9 Å². The summed E-state index contributed by atoms with van der Waals surface area (Å²) in [5.41, 5.74) is 2.57. The van der Waals surface area contributed by atoms with Gasteiger partial charge in [-0.05, 0) is 48.2 Å². The Bertz CT molecular complexity index is 890. The third kappa shape index (κ3) is 4.06. The van der Waals surface area contributed by atoms with Gasteiger partial charge in [-0.1, -0.05) is 32.0 Å². The maximum absolute atomic E-state index is 13.0. The number of benzene rings is 2. The van der Waals surface area contributed by atoms with Crippen LogP contribution in [0, 0.1) is 5.92 Å². The van der Waals surface area contributed by atoms with Gasteiger partial charge >= 0.3 is 5.97 Å². The topological polar surface area (TPSA) is 75.7 Å². The Hall–Kier alpha value is -3.15. The van der Waals surface area contributed by atoms with Crippen LogP contribution >= 0.6 is 0 Å². The highest BCUT2D eigenvalue weighted by Crippen LogP contribution is 2.27. The van der Waals surface area contributed by atoms with Crippen molar-refractivity contribution in [1.82, 2.24) is 4.90 Å². The number of ether oxygens (including phenoxy) is 1. The minimum Gasteiger partial charge on any atom is -0.465 e. The van der Waals surface area contributed by atoms with E-state index in [4.69, 9.17) is 0 Å². The Labute approximate surface area is 164 Å². The van der Waals surface area contributed by atoms with Crippen molar-refractivity contribution in [2.24, 2.45) is 5.92 Å². The van der Waals surface area contributed by atoms with E-state index in [1.807, 2.05) is 32.0 Å². The molecule has 2 aromatic carbocycles. The molecule has 2 aromatic rings. The van der Waals surface area contributed by atoms with Crippen LogP contribution in [0.15, 0.2) is 48.5 Å². The van der Waals surface area contributed by atoms with Crippen molar-refractivity contribution in [2.75, 3.05) is 12.4 Å². The van der Waals surface area contributed by atoms with Crippen molar-refractivity contribution >= 4 is 23.5 Å². The lowest BCUT2D eigenvalue weighted by Gasteiger charge is -2.28. The molecule has 1 N–H and O–H groups in total. The Morgan fingerprint density at radius 3 is 2.39 bits per heavy atom. The number of amides is 2. The molecule has 6 heteroatoms. The first-order chi connectivity index (χ1) is 13.4. The number of esters is 1. The Kier molecular flexibility index (Phi) is 5.78. The lowest BCUT2D eigenvalue weighted by Crippen LogP contribution is -2.45. The van der Waals surface area contributed by atoms with E-state index in [1.54, 1.807) is 35.2 Å². The summed E-state index contributed by atoms with van der Waals surface area (Å²) in [6, 6.07) is 13.4. The first-order valence-electron chi connectivity index (χ1n) is 9.28. The SMILES string of the molecule is COC(=O)c1ccc(NC(=O)[C@@H](CC(C)C)N2Cc3ccccc3C2=O)cc1. The summed E-state index contributed by atoms with van der Waals surface area (Å²) in [4.78, 5) is 39.0. The smallest absolute Gasteiger partial charge is 0.337 e. The predicted octanol–water partition coefficient (Wildman–Crippen LogP) is 3.48. The van der Waals surface area contributed by atoms with Crippen molar-refractivity contribution < 1.29 is 19.1 Å². The standard InChI is InChI=1S/C22H24N2O4/c1-14(2)12-19(24-13-16-6-4-5-7-18(16)21(24)26)20(25)23-17-10-8-15(9-11-17)22(27)28-3/h4-11,14,19H,12-13H2,1-3H3,(H,23,25)/t19-/m1/s1. The zero-order chi connectivity index (χ0) is 20.3. The number of hydrogen-bond acceptors (Lipinski definition) is 4. The molecule has 1 aliphatic rings. The molecule has 0 bridgehead atoms. The molecule has 146 valence electrons. The zero-order valence-corrected chi connectivity index (χ0v) is 16.3. The molecule has 0 saturated carbocycles. The fraction of sp³-hybridized carbons (Fsp3) is 0.318. The molecule has 2 amide bonds. The lowest BCUT2D eigenvalue weighted by molar-refractivity contribution is -0.121. The van der Waals surface area contributed by atoms with Gasteiger partial charge in [-0.15, -0.1) is 0 Å². The molecule has 1 atom stereocenters. The molecule has 0 spiro atoms. The monoisotopic (exact) mass is 380 g/mol. The lowest BCUT2D eigenvalue weighted by atomic mass is 10.0. The number of fused-ring (bicyclic) bond motifs is 1. The highest BCUT2D eigenvalue weighted by Gasteiger charge is 2.36. The summed E-state index contributed by atoms with van der Waals surface area (Å²) < 4.78 is 4.68. The maximum atomic E-state index is 13.0. The normalized spacial score (nSPS) is 14.0. The molecule has 0 unspecified atom stereocenters. The number of rotatable bonds is 6. The van der Waals surface area contributed by atoms with E-state index in [2.05, 4.69) is 10.1 Å². The molecule has 0 aromatic heterocycles. The predicted molar refractivity (Wildman–Crippen MR) is 106 cm³/mol. The van der Waals surface area contributed by atoms with Gasteiger partial charge in [-0.2, -0.15) is 0 Å². The highest BCUT2D eigenvalue weighted by molar-refractivity contribution is 6.03. The first kappa shape index (κ1) is 19.6. The number of carbonyl (C=O) groups excluding carboxylic acids is 3. The molecule has 0 aliphatic carbocycles. The number of nitrogens with zero attached hydrogens (tertiary/aromatic N) is 1. The molecule has 3 rings (SSSR count). The Morgan fingerprint density at radius 1 is 1.11 bits per heavy atom. The molecule has 28 heavy (non-hydrogen) atoms. The molecule has 1 aliphatic heterocycles. The van der Waals surface area contributed by atoms with E-state index < -0.39 is 12.0 Å². The van der Waals surface area contributed by atoms with Crippen molar-refractivity contribution in [3.63, 3.8) is 0 Å². The average molecular weight is 380 g/mol. The third-order valence-corrected chi connectivity index (χ3v) is 4.80. The highest BCUT2D eigenvalue weighted by atomic mass is 16.5. The van der Waals surface area contributed by atoms with Gasteiger partial charge in [0.1, 0.15) is 6.04 Å². The molecule has 0 radical (unpaired) electrons. The largest absolute Gasteiger partial charge is 0.465 e. The van der Waals surface area contributed by atoms with Crippen LogP contribution in [0.2, 0.25) is 0 Å². The zero-order valence-electron chi connectivity index (χ0n) is 16.3. The van der Waals surface area contributed by atoms with E-state index in [1.165, 1.54) is 7.11 Å². The van der Waals surface area contributed by atoms with Crippen molar-refractivity contribution in [1.29, 1.82) is 0 Å². The van der Waals surface area contributed by atoms with Crippen LogP contribution < -0.4 is 5.32 Å². The summed E-state index contributed by atoms with van der Waals surface area (Å²) >= 11 is 0. The molecular weight excluding hydrogens is 356 g/mol. The van der Waals surface area contributed by atoms with Crippen molar-refractivity contribution in [3.05, 3.63) is 65.2 Å². The maximum Gasteiger partial charge on any atom is 0.337 e. The van der Waals surface area contributed by atoms with Crippen LogP contribution in [0.1, 0.15) is 46.5 Å². The molecular formula is C22H24N2O4. The van der Waals surface area contributed by atoms with Crippen LogP contribution in [0.5, 0.6) is 0 Å². The van der Waals surface area contributed by atoms with E-state index in [0.29, 0.717) is 29.8 Å². The molecule has 1 heterocycles. The summed E-state index contributed by atoms with van der Waals surface area (Å²) in [6.45, 7) is 4.49. The Balaban J connectivity index is 1.78. The van der Waals surface area contributed by atoms with E-state index >= 15 is 0 Å². The van der Waals surface area contributed by atoms with Crippen LogP contribution in [0.25, 0.3) is 0 Å². The molecule has 6 nitrogen and oxygen atoms in total. The minimum atomic E-state index is -0.569. The van der Waals surface area contributed by atoms with Crippen LogP contribution in [0.4, 0.5) is 5.69 Å². The van der Waals surface area contributed by atoms with Gasteiger partial charge < -0.3 is 15.0 Å². The van der Waals surface area contributed by atoms with Gasteiger partial charge in [-0.25, -0.2) is 4.79 Å². The summed E-state index contributed by atoms with van der Waals surface area (Å²) in [7, 11) is 1.32. The molecule has 0 fully saturated rings. The van der Waals surface area contributed by atoms with Gasteiger partial charge in [-0.3, -0.25) is 9.59 Å². The number of methoxy groups -OCH3 is 1. The third-order valence-electron chi connectivity index (χ3n) is 4.80. The van der Waals surface area contributed by atoms with E-state index in [9.17, 15) is 14.4 Å². The summed E-state index contributed by atoms with van der Waals surface area (Å²) in [6.07, 6.45) is 0.561. The van der Waals surface area contributed by atoms with Gasteiger partial charge in [0.15, 0.2) is 0 Å². The fourth-order valence-corrected chi connectivity index (χ4v) is 3.38. The second-order valence-electron chi connectivity index (χ2n) is 7.29.